The summed E-state index contributed by atoms with van der Waals surface area (Å²) in [7, 11) is 1.65. The van der Waals surface area contributed by atoms with Crippen molar-refractivity contribution in [2.75, 3.05) is 13.0 Å². The Balaban J connectivity index is 2.81. The van der Waals surface area contributed by atoms with E-state index in [-0.39, 0.29) is 0 Å². The Labute approximate surface area is 88.6 Å². The van der Waals surface area contributed by atoms with E-state index in [9.17, 15) is 0 Å². The topological polar surface area (TPSA) is 21.3 Å². The van der Waals surface area contributed by atoms with E-state index < -0.39 is 0 Å². The first-order valence-corrected chi connectivity index (χ1v) is 4.93. The Morgan fingerprint density at radius 2 is 2.31 bits per heavy atom. The van der Waals surface area contributed by atoms with Gasteiger partial charge in [0.05, 0.1) is 7.11 Å². The lowest BCUT2D eigenvalue weighted by Crippen LogP contribution is -2.11. The standard InChI is InChI=1S/C9H12ClNOS/c1-12-9-3-2-8(10)4-7(9)5-11-6-13/h2-4,11,13H,5-6H2,1H3. The number of thiol groups is 1. The average Bonchev–Trinajstić information content (AvgIpc) is 2.15. The van der Waals surface area contributed by atoms with Crippen LogP contribution in [0.3, 0.4) is 0 Å². The first kappa shape index (κ1) is 10.7. The van der Waals surface area contributed by atoms with Crippen LogP contribution < -0.4 is 10.1 Å². The molecule has 2 nitrogen and oxygen atoms in total. The fourth-order valence-corrected chi connectivity index (χ4v) is 1.38. The third-order valence-electron chi connectivity index (χ3n) is 1.67. The van der Waals surface area contributed by atoms with Gasteiger partial charge >= 0.3 is 0 Å². The van der Waals surface area contributed by atoms with Gasteiger partial charge in [0, 0.05) is 23.0 Å². The summed E-state index contributed by atoms with van der Waals surface area (Å²) in [6.45, 7) is 0.716. The van der Waals surface area contributed by atoms with Gasteiger partial charge in [-0.05, 0) is 18.2 Å². The van der Waals surface area contributed by atoms with Crippen molar-refractivity contribution in [3.63, 3.8) is 0 Å². The van der Waals surface area contributed by atoms with Crippen molar-refractivity contribution in [3.8, 4) is 5.75 Å². The molecule has 1 rings (SSSR count). The fraction of sp³-hybridized carbons (Fsp3) is 0.333. The van der Waals surface area contributed by atoms with E-state index in [0.29, 0.717) is 12.4 Å². The van der Waals surface area contributed by atoms with Crippen molar-refractivity contribution in [2.24, 2.45) is 0 Å². The van der Waals surface area contributed by atoms with Gasteiger partial charge in [0.25, 0.3) is 0 Å². The summed E-state index contributed by atoms with van der Waals surface area (Å²) in [6, 6.07) is 5.55. The number of hydrogen-bond acceptors (Lipinski definition) is 3. The Bertz CT molecular complexity index is 280. The predicted octanol–water partition coefficient (Wildman–Crippen LogP) is 2.33. The minimum Gasteiger partial charge on any atom is -0.496 e. The van der Waals surface area contributed by atoms with Gasteiger partial charge in [-0.2, -0.15) is 12.6 Å². The van der Waals surface area contributed by atoms with E-state index in [0.717, 1.165) is 16.3 Å². The summed E-state index contributed by atoms with van der Waals surface area (Å²) in [5.74, 6) is 1.48. The van der Waals surface area contributed by atoms with E-state index in [4.69, 9.17) is 16.3 Å². The summed E-state index contributed by atoms with van der Waals surface area (Å²) in [6.07, 6.45) is 0. The molecule has 0 aliphatic rings. The summed E-state index contributed by atoms with van der Waals surface area (Å²) in [5.41, 5.74) is 1.05. The Morgan fingerprint density at radius 3 is 2.92 bits per heavy atom. The molecule has 0 saturated heterocycles. The molecule has 0 unspecified atom stereocenters. The largest absolute Gasteiger partial charge is 0.496 e. The highest BCUT2D eigenvalue weighted by atomic mass is 35.5. The van der Waals surface area contributed by atoms with Crippen molar-refractivity contribution < 1.29 is 4.74 Å². The lowest BCUT2D eigenvalue weighted by atomic mass is 10.2. The molecule has 0 saturated carbocycles. The van der Waals surface area contributed by atoms with Gasteiger partial charge in [0.1, 0.15) is 5.75 Å². The molecule has 13 heavy (non-hydrogen) atoms. The molecule has 4 heteroatoms. The van der Waals surface area contributed by atoms with Crippen LogP contribution in [0.5, 0.6) is 5.75 Å². The van der Waals surface area contributed by atoms with Gasteiger partial charge in [-0.25, -0.2) is 0 Å². The van der Waals surface area contributed by atoms with Crippen LogP contribution in [0.25, 0.3) is 0 Å². The number of ether oxygens (including phenoxy) is 1. The summed E-state index contributed by atoms with van der Waals surface area (Å²) >= 11 is 9.91. The van der Waals surface area contributed by atoms with Crippen molar-refractivity contribution in [1.29, 1.82) is 0 Å². The summed E-state index contributed by atoms with van der Waals surface area (Å²) in [4.78, 5) is 0. The first-order chi connectivity index (χ1) is 6.27. The first-order valence-electron chi connectivity index (χ1n) is 3.92. The van der Waals surface area contributed by atoms with Gasteiger partial charge in [-0.15, -0.1) is 0 Å². The van der Waals surface area contributed by atoms with E-state index in [1.165, 1.54) is 0 Å². The van der Waals surface area contributed by atoms with Crippen molar-refractivity contribution in [2.45, 2.75) is 6.54 Å². The fourth-order valence-electron chi connectivity index (χ4n) is 1.08. The molecule has 0 bridgehead atoms. The molecule has 0 aromatic heterocycles. The highest BCUT2D eigenvalue weighted by molar-refractivity contribution is 7.80. The van der Waals surface area contributed by atoms with Crippen LogP contribution >= 0.6 is 24.2 Å². The van der Waals surface area contributed by atoms with E-state index in [2.05, 4.69) is 17.9 Å². The van der Waals surface area contributed by atoms with Crippen molar-refractivity contribution >= 4 is 24.2 Å². The van der Waals surface area contributed by atoms with Crippen LogP contribution in [-0.2, 0) is 6.54 Å². The number of hydrogen-bond donors (Lipinski definition) is 2. The highest BCUT2D eigenvalue weighted by Gasteiger charge is 2.02. The molecule has 0 spiro atoms. The van der Waals surface area contributed by atoms with Gasteiger partial charge in [-0.1, -0.05) is 11.6 Å². The number of methoxy groups -OCH3 is 1. The van der Waals surface area contributed by atoms with Crippen molar-refractivity contribution in [1.82, 2.24) is 5.32 Å². The van der Waals surface area contributed by atoms with Crippen LogP contribution in [-0.4, -0.2) is 13.0 Å². The zero-order valence-corrected chi connectivity index (χ0v) is 9.03. The van der Waals surface area contributed by atoms with Crippen LogP contribution in [0, 0.1) is 0 Å². The molecule has 1 aromatic carbocycles. The lowest BCUT2D eigenvalue weighted by molar-refractivity contribution is 0.408. The summed E-state index contributed by atoms with van der Waals surface area (Å²) in [5, 5.41) is 3.81. The Kier molecular flexibility index (Phi) is 4.42. The molecule has 1 aromatic rings. The number of rotatable bonds is 4. The molecular weight excluding hydrogens is 206 g/mol. The quantitative estimate of drug-likeness (QED) is 0.597. The minimum atomic E-state index is 0.635. The second kappa shape index (κ2) is 5.37. The molecular formula is C9H12ClNOS. The number of benzene rings is 1. The summed E-state index contributed by atoms with van der Waals surface area (Å²) < 4.78 is 5.17. The van der Waals surface area contributed by atoms with Gasteiger partial charge in [-0.3, -0.25) is 0 Å². The zero-order valence-electron chi connectivity index (χ0n) is 7.38. The Morgan fingerprint density at radius 1 is 1.54 bits per heavy atom. The molecule has 0 aliphatic heterocycles. The van der Waals surface area contributed by atoms with Gasteiger partial charge < -0.3 is 10.1 Å². The monoisotopic (exact) mass is 217 g/mol. The maximum atomic E-state index is 5.85. The predicted molar refractivity (Wildman–Crippen MR) is 58.7 cm³/mol. The molecule has 0 fully saturated rings. The molecule has 0 amide bonds. The molecule has 0 radical (unpaired) electrons. The maximum absolute atomic E-state index is 5.85. The third kappa shape index (κ3) is 3.10. The zero-order chi connectivity index (χ0) is 9.68. The van der Waals surface area contributed by atoms with E-state index in [1.54, 1.807) is 7.11 Å². The normalized spacial score (nSPS) is 10.1. The molecule has 0 heterocycles. The minimum absolute atomic E-state index is 0.635. The average molecular weight is 218 g/mol. The Hall–Kier alpha value is -0.380. The van der Waals surface area contributed by atoms with E-state index >= 15 is 0 Å². The van der Waals surface area contributed by atoms with Gasteiger partial charge in [0.2, 0.25) is 0 Å². The lowest BCUT2D eigenvalue weighted by Gasteiger charge is -2.08. The third-order valence-corrected chi connectivity index (χ3v) is 2.13. The van der Waals surface area contributed by atoms with E-state index in [1.807, 2.05) is 18.2 Å². The molecule has 72 valence electrons. The van der Waals surface area contributed by atoms with Crippen LogP contribution in [0.15, 0.2) is 18.2 Å². The van der Waals surface area contributed by atoms with Crippen molar-refractivity contribution in [3.05, 3.63) is 28.8 Å². The highest BCUT2D eigenvalue weighted by Crippen LogP contribution is 2.22. The molecule has 0 aliphatic carbocycles. The maximum Gasteiger partial charge on any atom is 0.123 e. The SMILES string of the molecule is COc1ccc(Cl)cc1CNCS. The number of nitrogens with one attached hydrogen (secondary N) is 1. The van der Waals surface area contributed by atoms with Crippen LogP contribution in [0.2, 0.25) is 5.02 Å². The van der Waals surface area contributed by atoms with Gasteiger partial charge in [0.15, 0.2) is 0 Å². The van der Waals surface area contributed by atoms with Crippen LogP contribution in [0.4, 0.5) is 0 Å². The van der Waals surface area contributed by atoms with Crippen LogP contribution in [0.1, 0.15) is 5.56 Å². The molecule has 1 N–H and O–H groups in total. The molecule has 0 atom stereocenters. The number of halogens is 1. The second-order valence-electron chi connectivity index (χ2n) is 2.54. The second-order valence-corrected chi connectivity index (χ2v) is 3.29. The smallest absolute Gasteiger partial charge is 0.123 e.